The minimum absolute atomic E-state index is 0.0506. The van der Waals surface area contributed by atoms with Crippen LogP contribution in [0.5, 0.6) is 17.2 Å². The van der Waals surface area contributed by atoms with Crippen LogP contribution >= 0.6 is 0 Å². The van der Waals surface area contributed by atoms with E-state index in [0.717, 1.165) is 11.1 Å². The summed E-state index contributed by atoms with van der Waals surface area (Å²) < 4.78 is 29.4. The van der Waals surface area contributed by atoms with E-state index in [4.69, 9.17) is 14.2 Å². The van der Waals surface area contributed by atoms with E-state index in [9.17, 15) is 14.3 Å². The molecule has 1 aliphatic rings. The number of hydrogen-bond acceptors (Lipinski definition) is 6. The highest BCUT2D eigenvalue weighted by molar-refractivity contribution is 5.92. The van der Waals surface area contributed by atoms with Crippen LogP contribution < -0.4 is 19.5 Å². The Kier molecular flexibility index (Phi) is 6.95. The van der Waals surface area contributed by atoms with Crippen LogP contribution in [-0.4, -0.2) is 51.4 Å². The third-order valence-electron chi connectivity index (χ3n) is 5.74. The number of methoxy groups -OCH3 is 3. The third kappa shape index (κ3) is 4.42. The van der Waals surface area contributed by atoms with Crippen molar-refractivity contribution in [3.05, 3.63) is 53.3 Å². The van der Waals surface area contributed by atoms with Crippen LogP contribution in [0, 0.1) is 11.2 Å². The Morgan fingerprint density at radius 3 is 2.23 bits per heavy atom. The van der Waals surface area contributed by atoms with E-state index < -0.39 is 11.5 Å². The maximum Gasteiger partial charge on any atom is 0.203 e. The lowest BCUT2D eigenvalue weighted by atomic mass is 9.75. The molecule has 7 heteroatoms. The Morgan fingerprint density at radius 2 is 1.70 bits per heavy atom. The molecule has 1 heterocycles. The van der Waals surface area contributed by atoms with Crippen molar-refractivity contribution in [1.82, 2.24) is 5.32 Å². The lowest BCUT2D eigenvalue weighted by molar-refractivity contribution is -0.127. The fourth-order valence-corrected chi connectivity index (χ4v) is 4.18. The van der Waals surface area contributed by atoms with E-state index in [1.807, 2.05) is 12.1 Å². The van der Waals surface area contributed by atoms with Crippen LogP contribution in [0.25, 0.3) is 0 Å². The minimum atomic E-state index is -0.724. The zero-order chi connectivity index (χ0) is 21.7. The number of aliphatic hydroxyl groups is 1. The highest BCUT2D eigenvalue weighted by Gasteiger charge is 2.46. The van der Waals surface area contributed by atoms with Crippen molar-refractivity contribution in [2.75, 3.05) is 34.5 Å². The third-order valence-corrected chi connectivity index (χ3v) is 5.74. The van der Waals surface area contributed by atoms with Crippen LogP contribution in [-0.2, 0) is 17.6 Å². The number of Topliss-reactive ketones (excluding diaryl/α,β-unsaturated/α-hetero) is 1. The van der Waals surface area contributed by atoms with E-state index in [0.29, 0.717) is 43.1 Å². The summed E-state index contributed by atoms with van der Waals surface area (Å²) >= 11 is 0. The Morgan fingerprint density at radius 1 is 1.07 bits per heavy atom. The van der Waals surface area contributed by atoms with E-state index in [2.05, 4.69) is 5.32 Å². The molecule has 0 saturated carbocycles. The summed E-state index contributed by atoms with van der Waals surface area (Å²) in [5.74, 6) is 1.30. The zero-order valence-corrected chi connectivity index (χ0v) is 17.5. The summed E-state index contributed by atoms with van der Waals surface area (Å²) in [7, 11) is 4.64. The molecule has 0 bridgehead atoms. The number of aliphatic hydroxyl groups excluding tert-OH is 1. The van der Waals surface area contributed by atoms with Gasteiger partial charge in [0.2, 0.25) is 5.75 Å². The summed E-state index contributed by atoms with van der Waals surface area (Å²) in [4.78, 5) is 13.4. The number of carbonyl (C=O) groups is 1. The molecule has 2 aromatic carbocycles. The molecule has 2 unspecified atom stereocenters. The molecule has 0 aromatic heterocycles. The first-order valence-electron chi connectivity index (χ1n) is 9.88. The van der Waals surface area contributed by atoms with Crippen LogP contribution in [0.1, 0.15) is 17.5 Å². The van der Waals surface area contributed by atoms with Crippen molar-refractivity contribution < 1.29 is 28.5 Å². The first-order valence-corrected chi connectivity index (χ1v) is 9.88. The van der Waals surface area contributed by atoms with Crippen molar-refractivity contribution in [3.63, 3.8) is 0 Å². The molecule has 1 saturated heterocycles. The Balaban J connectivity index is 1.83. The number of ether oxygens (including phenoxy) is 3. The normalized spacial score (nSPS) is 21.0. The Bertz CT molecular complexity index is 861. The van der Waals surface area contributed by atoms with Gasteiger partial charge in [0, 0.05) is 18.6 Å². The van der Waals surface area contributed by atoms with Gasteiger partial charge in [-0.1, -0.05) is 12.1 Å². The SMILES string of the molecule is COc1cc(CC2NCC(CCO)(Cc3ccc(F)cc3)C2=O)cc(OC)c1OC. The number of hydrogen-bond donors (Lipinski definition) is 2. The van der Waals surface area contributed by atoms with Gasteiger partial charge in [-0.15, -0.1) is 0 Å². The molecule has 3 rings (SSSR count). The second-order valence-corrected chi connectivity index (χ2v) is 7.59. The molecule has 0 aliphatic carbocycles. The monoisotopic (exact) mass is 417 g/mol. The fourth-order valence-electron chi connectivity index (χ4n) is 4.18. The number of nitrogens with one attached hydrogen (secondary N) is 1. The maximum absolute atomic E-state index is 13.4. The van der Waals surface area contributed by atoms with Gasteiger partial charge in [0.15, 0.2) is 17.3 Å². The van der Waals surface area contributed by atoms with E-state index in [-0.39, 0.29) is 18.2 Å². The topological polar surface area (TPSA) is 77.0 Å². The molecule has 0 radical (unpaired) electrons. The molecule has 0 spiro atoms. The highest BCUT2D eigenvalue weighted by atomic mass is 19.1. The van der Waals surface area contributed by atoms with Crippen molar-refractivity contribution in [2.24, 2.45) is 5.41 Å². The van der Waals surface area contributed by atoms with Crippen LogP contribution in [0.4, 0.5) is 4.39 Å². The molecule has 2 atom stereocenters. The lowest BCUT2D eigenvalue weighted by Gasteiger charge is -2.26. The lowest BCUT2D eigenvalue weighted by Crippen LogP contribution is -2.36. The predicted molar refractivity (Wildman–Crippen MR) is 111 cm³/mol. The highest BCUT2D eigenvalue weighted by Crippen LogP contribution is 2.40. The van der Waals surface area contributed by atoms with Gasteiger partial charge in [0.1, 0.15) is 5.82 Å². The van der Waals surface area contributed by atoms with Gasteiger partial charge in [-0.2, -0.15) is 0 Å². The molecule has 1 fully saturated rings. The Labute approximate surface area is 176 Å². The molecule has 1 aliphatic heterocycles. The quantitative estimate of drug-likeness (QED) is 0.653. The van der Waals surface area contributed by atoms with E-state index in [1.54, 1.807) is 33.5 Å². The molecular weight excluding hydrogens is 389 g/mol. The smallest absolute Gasteiger partial charge is 0.203 e. The molecule has 162 valence electrons. The molecular formula is C23H28FNO5. The van der Waals surface area contributed by atoms with Gasteiger partial charge in [0.05, 0.1) is 27.4 Å². The standard InChI is InChI=1S/C23H28FNO5/c1-28-19-11-16(12-20(29-2)21(19)30-3)10-18-22(27)23(8-9-26,14-25-18)13-15-4-6-17(24)7-5-15/h4-7,11-12,18,25-26H,8-10,13-14H2,1-3H3. The Hall–Kier alpha value is -2.64. The second-order valence-electron chi connectivity index (χ2n) is 7.59. The van der Waals surface area contributed by atoms with E-state index >= 15 is 0 Å². The maximum atomic E-state index is 13.4. The van der Waals surface area contributed by atoms with Crippen molar-refractivity contribution >= 4 is 5.78 Å². The molecule has 2 aromatic rings. The van der Waals surface area contributed by atoms with Crippen LogP contribution in [0.3, 0.4) is 0 Å². The van der Waals surface area contributed by atoms with Gasteiger partial charge in [-0.25, -0.2) is 4.39 Å². The largest absolute Gasteiger partial charge is 0.493 e. The number of rotatable bonds is 9. The average molecular weight is 417 g/mol. The summed E-state index contributed by atoms with van der Waals surface area (Å²) in [5, 5.41) is 12.9. The molecule has 0 amide bonds. The number of ketones is 1. The van der Waals surface area contributed by atoms with Gasteiger partial charge < -0.3 is 24.6 Å². The summed E-state index contributed by atoms with van der Waals surface area (Å²) in [6.45, 7) is 0.365. The van der Waals surface area contributed by atoms with Crippen molar-refractivity contribution in [1.29, 1.82) is 0 Å². The van der Waals surface area contributed by atoms with Crippen molar-refractivity contribution in [3.8, 4) is 17.2 Å². The molecule has 6 nitrogen and oxygen atoms in total. The average Bonchev–Trinajstić information content (AvgIpc) is 3.04. The van der Waals surface area contributed by atoms with Crippen molar-refractivity contribution in [2.45, 2.75) is 25.3 Å². The molecule has 2 N–H and O–H groups in total. The van der Waals surface area contributed by atoms with Crippen LogP contribution in [0.2, 0.25) is 0 Å². The first kappa shape index (κ1) is 22.1. The minimum Gasteiger partial charge on any atom is -0.493 e. The summed E-state index contributed by atoms with van der Waals surface area (Å²) in [6, 6.07) is 9.43. The van der Waals surface area contributed by atoms with Crippen LogP contribution in [0.15, 0.2) is 36.4 Å². The summed E-state index contributed by atoms with van der Waals surface area (Å²) in [5.41, 5.74) is 1.02. The predicted octanol–water partition coefficient (Wildman–Crippen LogP) is 2.55. The van der Waals surface area contributed by atoms with Gasteiger partial charge >= 0.3 is 0 Å². The first-order chi connectivity index (χ1) is 14.5. The zero-order valence-electron chi connectivity index (χ0n) is 17.5. The number of carbonyl (C=O) groups excluding carboxylic acids is 1. The fraction of sp³-hybridized carbons (Fsp3) is 0.435. The van der Waals surface area contributed by atoms with Gasteiger partial charge in [-0.3, -0.25) is 4.79 Å². The summed E-state index contributed by atoms with van der Waals surface area (Å²) in [6.07, 6.45) is 1.25. The van der Waals surface area contributed by atoms with Gasteiger partial charge in [0.25, 0.3) is 0 Å². The van der Waals surface area contributed by atoms with Gasteiger partial charge in [-0.05, 0) is 54.7 Å². The number of benzene rings is 2. The second kappa shape index (κ2) is 9.45. The molecule has 30 heavy (non-hydrogen) atoms. The number of halogens is 1. The van der Waals surface area contributed by atoms with E-state index in [1.165, 1.54) is 12.1 Å².